The molecule has 1 N–H and O–H groups in total. The number of hydrogen-bond acceptors (Lipinski definition) is 2. The van der Waals surface area contributed by atoms with Gasteiger partial charge in [0.15, 0.2) is 0 Å². The lowest BCUT2D eigenvalue weighted by atomic mass is 10.0. The van der Waals surface area contributed by atoms with Crippen molar-refractivity contribution in [3.05, 3.63) is 48.0 Å². The van der Waals surface area contributed by atoms with Crippen LogP contribution in [0.3, 0.4) is 0 Å². The molecule has 0 saturated carbocycles. The number of benzene rings is 1. The summed E-state index contributed by atoms with van der Waals surface area (Å²) in [5.74, 6) is 0. The van der Waals surface area contributed by atoms with Crippen molar-refractivity contribution >= 4 is 0 Å². The molecule has 2 heteroatoms. The minimum absolute atomic E-state index is 0.364. The quantitative estimate of drug-likeness (QED) is 0.779. The molecule has 1 aromatic rings. The largest absolute Gasteiger partial charge is 0.314 e. The highest BCUT2D eigenvalue weighted by Crippen LogP contribution is 2.22. The molecule has 2 nitrogen and oxygen atoms in total. The molecule has 86 valence electrons. The lowest BCUT2D eigenvalue weighted by Gasteiger charge is -2.33. The van der Waals surface area contributed by atoms with Crippen LogP contribution in [0.2, 0.25) is 0 Å². The van der Waals surface area contributed by atoms with Crippen molar-refractivity contribution in [1.29, 1.82) is 0 Å². The third kappa shape index (κ3) is 2.52. The molecule has 0 bridgehead atoms. The molecule has 1 aliphatic rings. The Balaban J connectivity index is 2.14. The Kier molecular flexibility index (Phi) is 3.75. The summed E-state index contributed by atoms with van der Waals surface area (Å²) in [6, 6.07) is 9.14. The minimum atomic E-state index is 0.364. The lowest BCUT2D eigenvalue weighted by Crippen LogP contribution is -2.44. The average Bonchev–Trinajstić information content (AvgIpc) is 2.34. The topological polar surface area (TPSA) is 15.3 Å². The van der Waals surface area contributed by atoms with Crippen LogP contribution in [-0.2, 0) is 0 Å². The number of nitrogens with zero attached hydrogens (tertiary/aromatic N) is 1. The maximum Gasteiger partial charge on any atom is 0.0529 e. The third-order valence-electron chi connectivity index (χ3n) is 3.19. The highest BCUT2D eigenvalue weighted by molar-refractivity contribution is 5.26. The summed E-state index contributed by atoms with van der Waals surface area (Å²) in [4.78, 5) is 2.48. The van der Waals surface area contributed by atoms with Crippen molar-refractivity contribution in [2.24, 2.45) is 0 Å². The molecule has 1 saturated heterocycles. The molecule has 0 aliphatic carbocycles. The van der Waals surface area contributed by atoms with E-state index in [2.05, 4.69) is 54.1 Å². The van der Waals surface area contributed by atoms with E-state index in [1.54, 1.807) is 0 Å². The van der Waals surface area contributed by atoms with Gasteiger partial charge in [-0.2, -0.15) is 0 Å². The van der Waals surface area contributed by atoms with Gasteiger partial charge in [-0.05, 0) is 12.5 Å². The first-order chi connectivity index (χ1) is 7.81. The fraction of sp³-hybridized carbons (Fsp3) is 0.429. The molecule has 0 amide bonds. The Morgan fingerprint density at radius 3 is 2.44 bits per heavy atom. The zero-order valence-corrected chi connectivity index (χ0v) is 9.95. The molecular weight excluding hydrogens is 196 g/mol. The molecule has 0 radical (unpaired) electrons. The summed E-state index contributed by atoms with van der Waals surface area (Å²) < 4.78 is 0. The molecule has 1 heterocycles. The van der Waals surface area contributed by atoms with Crippen molar-refractivity contribution in [3.63, 3.8) is 0 Å². The maximum atomic E-state index is 3.97. The number of piperazine rings is 1. The average molecular weight is 216 g/mol. The Bertz CT molecular complexity index is 336. The normalized spacial score (nSPS) is 19.3. The zero-order valence-electron chi connectivity index (χ0n) is 9.95. The van der Waals surface area contributed by atoms with Crippen LogP contribution in [-0.4, -0.2) is 31.1 Å². The van der Waals surface area contributed by atoms with E-state index in [4.69, 9.17) is 0 Å². The van der Waals surface area contributed by atoms with E-state index in [1.807, 2.05) is 0 Å². The van der Waals surface area contributed by atoms with E-state index < -0.39 is 0 Å². The third-order valence-corrected chi connectivity index (χ3v) is 3.19. The maximum absolute atomic E-state index is 3.97. The fourth-order valence-electron chi connectivity index (χ4n) is 2.22. The second-order valence-corrected chi connectivity index (χ2v) is 4.38. The molecule has 0 unspecified atom stereocenters. The monoisotopic (exact) mass is 216 g/mol. The van der Waals surface area contributed by atoms with Crippen LogP contribution in [0.25, 0.3) is 0 Å². The van der Waals surface area contributed by atoms with Gasteiger partial charge in [0.25, 0.3) is 0 Å². The zero-order chi connectivity index (χ0) is 11.4. The van der Waals surface area contributed by atoms with Crippen molar-refractivity contribution < 1.29 is 0 Å². The van der Waals surface area contributed by atoms with Gasteiger partial charge < -0.3 is 5.32 Å². The van der Waals surface area contributed by atoms with Gasteiger partial charge in [0, 0.05) is 26.2 Å². The lowest BCUT2D eigenvalue weighted by molar-refractivity contribution is 0.203. The molecule has 2 rings (SSSR count). The smallest absolute Gasteiger partial charge is 0.0529 e. The van der Waals surface area contributed by atoms with E-state index in [-0.39, 0.29) is 0 Å². The standard InChI is InChI=1S/C14H20N2/c1-3-14(16-10-8-15-9-11-16)13-6-4-12(2)5-7-13/h3-7,14-15H,1,8-11H2,2H3/t14-/m1/s1. The predicted molar refractivity (Wildman–Crippen MR) is 68.6 cm³/mol. The van der Waals surface area contributed by atoms with Gasteiger partial charge in [-0.15, -0.1) is 6.58 Å². The van der Waals surface area contributed by atoms with Crippen molar-refractivity contribution in [1.82, 2.24) is 10.2 Å². The Morgan fingerprint density at radius 1 is 1.25 bits per heavy atom. The molecule has 0 aromatic heterocycles. The molecular formula is C14H20N2. The second-order valence-electron chi connectivity index (χ2n) is 4.38. The number of hydrogen-bond donors (Lipinski definition) is 1. The van der Waals surface area contributed by atoms with Crippen LogP contribution < -0.4 is 5.32 Å². The minimum Gasteiger partial charge on any atom is -0.314 e. The number of aryl methyl sites for hydroxylation is 1. The van der Waals surface area contributed by atoms with Gasteiger partial charge in [0.05, 0.1) is 6.04 Å². The van der Waals surface area contributed by atoms with Gasteiger partial charge in [0.1, 0.15) is 0 Å². The van der Waals surface area contributed by atoms with E-state index in [1.165, 1.54) is 11.1 Å². The van der Waals surface area contributed by atoms with E-state index >= 15 is 0 Å². The van der Waals surface area contributed by atoms with E-state index in [0.717, 1.165) is 26.2 Å². The highest BCUT2D eigenvalue weighted by Gasteiger charge is 2.18. The van der Waals surface area contributed by atoms with Crippen LogP contribution in [0.15, 0.2) is 36.9 Å². The highest BCUT2D eigenvalue weighted by atomic mass is 15.2. The van der Waals surface area contributed by atoms with Crippen LogP contribution in [0.1, 0.15) is 17.2 Å². The van der Waals surface area contributed by atoms with Crippen LogP contribution in [0.4, 0.5) is 0 Å². The Labute approximate surface area is 98.0 Å². The van der Waals surface area contributed by atoms with Crippen molar-refractivity contribution in [2.75, 3.05) is 26.2 Å². The summed E-state index contributed by atoms with van der Waals surface area (Å²) in [5, 5.41) is 3.38. The predicted octanol–water partition coefficient (Wildman–Crippen LogP) is 2.13. The van der Waals surface area contributed by atoms with Crippen LogP contribution >= 0.6 is 0 Å². The summed E-state index contributed by atoms with van der Waals surface area (Å²) in [6.07, 6.45) is 2.05. The fourth-order valence-corrected chi connectivity index (χ4v) is 2.22. The van der Waals surface area contributed by atoms with Gasteiger partial charge in [-0.1, -0.05) is 35.9 Å². The summed E-state index contributed by atoms with van der Waals surface area (Å²) >= 11 is 0. The molecule has 1 aromatic carbocycles. The first-order valence-electron chi connectivity index (χ1n) is 5.95. The van der Waals surface area contributed by atoms with E-state index in [0.29, 0.717) is 6.04 Å². The van der Waals surface area contributed by atoms with Gasteiger partial charge >= 0.3 is 0 Å². The van der Waals surface area contributed by atoms with Gasteiger partial charge in [-0.25, -0.2) is 0 Å². The van der Waals surface area contributed by atoms with Crippen molar-refractivity contribution in [2.45, 2.75) is 13.0 Å². The van der Waals surface area contributed by atoms with Crippen LogP contribution in [0, 0.1) is 6.92 Å². The summed E-state index contributed by atoms with van der Waals surface area (Å²) in [7, 11) is 0. The summed E-state index contributed by atoms with van der Waals surface area (Å²) in [6.45, 7) is 10.5. The Hall–Kier alpha value is -1.12. The van der Waals surface area contributed by atoms with E-state index in [9.17, 15) is 0 Å². The first kappa shape index (κ1) is 11.4. The molecule has 0 spiro atoms. The summed E-state index contributed by atoms with van der Waals surface area (Å²) in [5.41, 5.74) is 2.66. The SMILES string of the molecule is C=C[C@H](c1ccc(C)cc1)N1CCNCC1. The molecule has 1 aliphatic heterocycles. The molecule has 1 fully saturated rings. The second kappa shape index (κ2) is 5.28. The van der Waals surface area contributed by atoms with Gasteiger partial charge in [-0.3, -0.25) is 4.90 Å². The van der Waals surface area contributed by atoms with Gasteiger partial charge in [0.2, 0.25) is 0 Å². The number of nitrogens with one attached hydrogen (secondary N) is 1. The van der Waals surface area contributed by atoms with Crippen LogP contribution in [0.5, 0.6) is 0 Å². The number of rotatable bonds is 3. The molecule has 16 heavy (non-hydrogen) atoms. The Morgan fingerprint density at radius 2 is 1.88 bits per heavy atom. The molecule has 1 atom stereocenters. The first-order valence-corrected chi connectivity index (χ1v) is 5.95. The van der Waals surface area contributed by atoms with Crippen molar-refractivity contribution in [3.8, 4) is 0 Å².